The zero-order valence-electron chi connectivity index (χ0n) is 11.6. The van der Waals surface area contributed by atoms with Gasteiger partial charge in [0.2, 0.25) is 0 Å². The Morgan fingerprint density at radius 3 is 2.81 bits per heavy atom. The van der Waals surface area contributed by atoms with Gasteiger partial charge >= 0.3 is 0 Å². The van der Waals surface area contributed by atoms with Crippen LogP contribution in [0.4, 0.5) is 11.4 Å². The fraction of sp³-hybridized carbons (Fsp3) is 0.118. The lowest BCUT2D eigenvalue weighted by Crippen LogP contribution is -2.03. The molecule has 0 bridgehead atoms. The second kappa shape index (κ2) is 5.81. The van der Waals surface area contributed by atoms with Crippen LogP contribution in [0.5, 0.6) is 0 Å². The van der Waals surface area contributed by atoms with Gasteiger partial charge in [-0.15, -0.1) is 0 Å². The summed E-state index contributed by atoms with van der Waals surface area (Å²) in [6.07, 6.45) is 3.55. The molecule has 0 amide bonds. The molecule has 0 saturated heterocycles. The SMILES string of the molecule is Nc1c(NCc2cccc(CO)c2)ccc2cnccc12. The maximum Gasteiger partial charge on any atom is 0.0681 e. The Labute approximate surface area is 123 Å². The van der Waals surface area contributed by atoms with Crippen LogP contribution in [0.1, 0.15) is 11.1 Å². The number of nitrogens with two attached hydrogens (primary N) is 1. The number of aliphatic hydroxyl groups excluding tert-OH is 1. The molecule has 1 aromatic heterocycles. The number of aromatic nitrogens is 1. The van der Waals surface area contributed by atoms with Gasteiger partial charge in [-0.2, -0.15) is 0 Å². The number of nitrogen functional groups attached to an aromatic ring is 1. The fourth-order valence-corrected chi connectivity index (χ4v) is 2.38. The van der Waals surface area contributed by atoms with Gasteiger partial charge in [0.05, 0.1) is 18.0 Å². The minimum atomic E-state index is 0.0545. The molecule has 0 spiro atoms. The van der Waals surface area contributed by atoms with E-state index < -0.39 is 0 Å². The van der Waals surface area contributed by atoms with Crippen molar-refractivity contribution in [2.45, 2.75) is 13.2 Å². The Morgan fingerprint density at radius 2 is 1.95 bits per heavy atom. The highest BCUT2D eigenvalue weighted by molar-refractivity contribution is 5.98. The summed E-state index contributed by atoms with van der Waals surface area (Å²) in [5, 5.41) is 14.5. The molecule has 4 nitrogen and oxygen atoms in total. The molecule has 2 aromatic carbocycles. The first-order valence-electron chi connectivity index (χ1n) is 6.82. The number of benzene rings is 2. The quantitative estimate of drug-likeness (QED) is 0.642. The molecule has 4 N–H and O–H groups in total. The van der Waals surface area contributed by atoms with Crippen LogP contribution in [0.2, 0.25) is 0 Å². The van der Waals surface area contributed by atoms with E-state index in [1.165, 1.54) is 0 Å². The third-order valence-electron chi connectivity index (χ3n) is 3.52. The van der Waals surface area contributed by atoms with E-state index in [1.54, 1.807) is 12.4 Å². The highest BCUT2D eigenvalue weighted by Crippen LogP contribution is 2.28. The molecule has 3 aromatic rings. The number of fused-ring (bicyclic) bond motifs is 1. The van der Waals surface area contributed by atoms with E-state index in [4.69, 9.17) is 10.8 Å². The van der Waals surface area contributed by atoms with Crippen molar-refractivity contribution in [3.05, 3.63) is 66.0 Å². The van der Waals surface area contributed by atoms with E-state index in [1.807, 2.05) is 42.5 Å². The Hall–Kier alpha value is -2.59. The molecule has 4 heteroatoms. The average Bonchev–Trinajstić information content (AvgIpc) is 2.55. The zero-order valence-corrected chi connectivity index (χ0v) is 11.6. The van der Waals surface area contributed by atoms with E-state index in [2.05, 4.69) is 10.3 Å². The van der Waals surface area contributed by atoms with Gasteiger partial charge in [-0.25, -0.2) is 0 Å². The van der Waals surface area contributed by atoms with Gasteiger partial charge in [-0.05, 0) is 23.3 Å². The molecule has 0 saturated carbocycles. The number of pyridine rings is 1. The molecule has 0 aliphatic carbocycles. The molecule has 0 unspecified atom stereocenters. The first-order chi connectivity index (χ1) is 10.3. The van der Waals surface area contributed by atoms with Crippen LogP contribution in [0.3, 0.4) is 0 Å². The average molecular weight is 279 g/mol. The summed E-state index contributed by atoms with van der Waals surface area (Å²) in [5.41, 5.74) is 9.86. The van der Waals surface area contributed by atoms with Gasteiger partial charge in [0.25, 0.3) is 0 Å². The zero-order chi connectivity index (χ0) is 14.7. The van der Waals surface area contributed by atoms with Crippen LogP contribution in [-0.2, 0) is 13.2 Å². The summed E-state index contributed by atoms with van der Waals surface area (Å²) in [5.74, 6) is 0. The maximum absolute atomic E-state index is 9.16. The molecule has 0 aliphatic heterocycles. The summed E-state index contributed by atoms with van der Waals surface area (Å²) in [4.78, 5) is 4.10. The number of hydrogen-bond donors (Lipinski definition) is 3. The van der Waals surface area contributed by atoms with Crippen molar-refractivity contribution >= 4 is 22.1 Å². The van der Waals surface area contributed by atoms with Gasteiger partial charge in [0, 0.05) is 29.7 Å². The van der Waals surface area contributed by atoms with Crippen LogP contribution >= 0.6 is 0 Å². The lowest BCUT2D eigenvalue weighted by Gasteiger charge is -2.12. The minimum Gasteiger partial charge on any atom is -0.397 e. The van der Waals surface area contributed by atoms with Crippen molar-refractivity contribution in [2.75, 3.05) is 11.1 Å². The molecule has 1 heterocycles. The molecule has 106 valence electrons. The Bertz CT molecular complexity index is 771. The molecule has 21 heavy (non-hydrogen) atoms. The maximum atomic E-state index is 9.16. The second-order valence-corrected chi connectivity index (χ2v) is 4.96. The number of anilines is 2. The number of aliphatic hydroxyl groups is 1. The number of hydrogen-bond acceptors (Lipinski definition) is 4. The highest BCUT2D eigenvalue weighted by atomic mass is 16.3. The molecular formula is C17H17N3O. The van der Waals surface area contributed by atoms with E-state index in [9.17, 15) is 0 Å². The summed E-state index contributed by atoms with van der Waals surface area (Å²) in [6, 6.07) is 13.7. The summed E-state index contributed by atoms with van der Waals surface area (Å²) >= 11 is 0. The number of rotatable bonds is 4. The molecule has 0 radical (unpaired) electrons. The monoisotopic (exact) mass is 279 g/mol. The lowest BCUT2D eigenvalue weighted by molar-refractivity contribution is 0.281. The predicted octanol–water partition coefficient (Wildman–Crippen LogP) is 2.92. The van der Waals surface area contributed by atoms with Crippen molar-refractivity contribution in [1.29, 1.82) is 0 Å². The van der Waals surface area contributed by atoms with Gasteiger partial charge in [0.1, 0.15) is 0 Å². The van der Waals surface area contributed by atoms with E-state index in [0.29, 0.717) is 6.54 Å². The van der Waals surface area contributed by atoms with Gasteiger partial charge < -0.3 is 16.2 Å². The second-order valence-electron chi connectivity index (χ2n) is 4.96. The summed E-state index contributed by atoms with van der Waals surface area (Å²) < 4.78 is 0. The third kappa shape index (κ3) is 2.80. The van der Waals surface area contributed by atoms with Crippen LogP contribution in [0, 0.1) is 0 Å². The lowest BCUT2D eigenvalue weighted by atomic mass is 10.1. The van der Waals surface area contributed by atoms with Crippen molar-refractivity contribution in [3.63, 3.8) is 0 Å². The van der Waals surface area contributed by atoms with Gasteiger partial charge in [0.15, 0.2) is 0 Å². The fourth-order valence-electron chi connectivity index (χ4n) is 2.38. The topological polar surface area (TPSA) is 71.2 Å². The van der Waals surface area contributed by atoms with E-state index in [0.717, 1.165) is 33.3 Å². The van der Waals surface area contributed by atoms with Crippen LogP contribution in [-0.4, -0.2) is 10.1 Å². The Morgan fingerprint density at radius 1 is 1.10 bits per heavy atom. The number of nitrogens with one attached hydrogen (secondary N) is 1. The van der Waals surface area contributed by atoms with Crippen LogP contribution in [0.25, 0.3) is 10.8 Å². The van der Waals surface area contributed by atoms with Gasteiger partial charge in [-0.3, -0.25) is 4.98 Å². The summed E-state index contributed by atoms with van der Waals surface area (Å²) in [6.45, 7) is 0.716. The molecule has 0 fully saturated rings. The largest absolute Gasteiger partial charge is 0.397 e. The number of nitrogens with zero attached hydrogens (tertiary/aromatic N) is 1. The van der Waals surface area contributed by atoms with Crippen molar-refractivity contribution in [3.8, 4) is 0 Å². The standard InChI is InChI=1S/C17H17N3O/c18-17-15-6-7-19-10-14(15)4-5-16(17)20-9-12-2-1-3-13(8-12)11-21/h1-8,10,20-21H,9,11,18H2. The van der Waals surface area contributed by atoms with E-state index >= 15 is 0 Å². The normalized spacial score (nSPS) is 10.7. The third-order valence-corrected chi connectivity index (χ3v) is 3.52. The van der Waals surface area contributed by atoms with Crippen LogP contribution in [0.15, 0.2) is 54.9 Å². The highest BCUT2D eigenvalue weighted by Gasteiger charge is 2.04. The first-order valence-corrected chi connectivity index (χ1v) is 6.82. The van der Waals surface area contributed by atoms with Gasteiger partial charge in [-0.1, -0.05) is 30.3 Å². The minimum absolute atomic E-state index is 0.0545. The van der Waals surface area contributed by atoms with Crippen molar-refractivity contribution in [2.24, 2.45) is 0 Å². The first kappa shape index (κ1) is 13.4. The Balaban J connectivity index is 1.83. The molecule has 0 atom stereocenters. The Kier molecular flexibility index (Phi) is 3.71. The smallest absolute Gasteiger partial charge is 0.0681 e. The molecule has 0 aliphatic rings. The van der Waals surface area contributed by atoms with Crippen molar-refractivity contribution < 1.29 is 5.11 Å². The van der Waals surface area contributed by atoms with E-state index in [-0.39, 0.29) is 6.61 Å². The summed E-state index contributed by atoms with van der Waals surface area (Å²) in [7, 11) is 0. The molecule has 3 rings (SSSR count). The van der Waals surface area contributed by atoms with Crippen LogP contribution < -0.4 is 11.1 Å². The van der Waals surface area contributed by atoms with Crippen molar-refractivity contribution in [1.82, 2.24) is 4.98 Å². The molecular weight excluding hydrogens is 262 g/mol. The predicted molar refractivity (Wildman–Crippen MR) is 85.8 cm³/mol.